The third-order valence-electron chi connectivity index (χ3n) is 1.48. The minimum atomic E-state index is 0.310. The first kappa shape index (κ1) is 7.93. The zero-order valence-corrected chi connectivity index (χ0v) is 6.72. The summed E-state index contributed by atoms with van der Waals surface area (Å²) in [5.74, 6) is 3.48. The van der Waals surface area contributed by atoms with Crippen molar-refractivity contribution in [1.29, 1.82) is 0 Å². The highest BCUT2D eigenvalue weighted by atomic mass is 15.2. The van der Waals surface area contributed by atoms with Crippen LogP contribution in [0.1, 0.15) is 13.3 Å². The summed E-state index contributed by atoms with van der Waals surface area (Å²) >= 11 is 0. The van der Waals surface area contributed by atoms with Gasteiger partial charge in [-0.3, -0.25) is 4.99 Å². The van der Waals surface area contributed by atoms with E-state index >= 15 is 0 Å². The minimum absolute atomic E-state index is 0.310. The molecule has 60 valence electrons. The molecule has 2 N–H and O–H groups in total. The summed E-state index contributed by atoms with van der Waals surface area (Å²) in [4.78, 5) is 4.18. The topological polar surface area (TPSA) is 36.4 Å². The summed E-state index contributed by atoms with van der Waals surface area (Å²) in [6.07, 6.45) is 5.89. The Labute approximate surface area is 67.3 Å². The van der Waals surface area contributed by atoms with Gasteiger partial charge in [0.15, 0.2) is 5.96 Å². The first-order valence-corrected chi connectivity index (χ1v) is 3.81. The van der Waals surface area contributed by atoms with Gasteiger partial charge in [-0.1, -0.05) is 0 Å². The zero-order chi connectivity index (χ0) is 8.10. The molecular formula is C8H13N3. The Kier molecular flexibility index (Phi) is 2.79. The lowest BCUT2D eigenvalue weighted by Gasteiger charge is -2.11. The summed E-state index contributed by atoms with van der Waals surface area (Å²) in [6, 6.07) is 0.310. The normalized spacial score (nSPS) is 18.0. The Morgan fingerprint density at radius 1 is 1.91 bits per heavy atom. The second-order valence-corrected chi connectivity index (χ2v) is 2.61. The highest BCUT2D eigenvalue weighted by molar-refractivity contribution is 5.81. The predicted molar refractivity (Wildman–Crippen MR) is 46.4 cm³/mol. The molecular weight excluding hydrogens is 138 g/mol. The summed E-state index contributed by atoms with van der Waals surface area (Å²) in [5.41, 5.74) is 0. The third kappa shape index (κ3) is 2.50. The quantitative estimate of drug-likeness (QED) is 0.543. The molecule has 0 aliphatic carbocycles. The molecule has 1 heterocycles. The molecule has 0 aromatic rings. The Morgan fingerprint density at radius 3 is 3.27 bits per heavy atom. The first-order valence-electron chi connectivity index (χ1n) is 3.81. The van der Waals surface area contributed by atoms with Crippen molar-refractivity contribution in [3.05, 3.63) is 0 Å². The maximum Gasteiger partial charge on any atom is 0.191 e. The van der Waals surface area contributed by atoms with Crippen LogP contribution in [0.25, 0.3) is 0 Å². The van der Waals surface area contributed by atoms with Crippen molar-refractivity contribution in [2.45, 2.75) is 19.4 Å². The second-order valence-electron chi connectivity index (χ2n) is 2.61. The van der Waals surface area contributed by atoms with Gasteiger partial charge in [0.2, 0.25) is 0 Å². The lowest BCUT2D eigenvalue weighted by molar-refractivity contribution is 0.673. The highest BCUT2D eigenvalue weighted by Crippen LogP contribution is 1.89. The number of nitrogens with one attached hydrogen (secondary N) is 2. The van der Waals surface area contributed by atoms with Crippen molar-refractivity contribution < 1.29 is 0 Å². The van der Waals surface area contributed by atoms with Gasteiger partial charge in [-0.2, -0.15) is 0 Å². The third-order valence-corrected chi connectivity index (χ3v) is 1.48. The Bertz CT molecular complexity index is 190. The molecule has 0 radical (unpaired) electrons. The first-order chi connectivity index (χ1) is 5.33. The zero-order valence-electron chi connectivity index (χ0n) is 6.72. The lowest BCUT2D eigenvalue weighted by atomic mass is 10.2. The van der Waals surface area contributed by atoms with E-state index in [1.165, 1.54) is 0 Å². The van der Waals surface area contributed by atoms with Crippen LogP contribution in [0.2, 0.25) is 0 Å². The van der Waals surface area contributed by atoms with Gasteiger partial charge in [0.1, 0.15) is 0 Å². The Hall–Kier alpha value is -1.17. The number of hydrogen-bond acceptors (Lipinski definition) is 3. The molecule has 1 rings (SSSR count). The fourth-order valence-electron chi connectivity index (χ4n) is 0.956. The smallest absolute Gasteiger partial charge is 0.191 e. The second kappa shape index (κ2) is 3.87. The largest absolute Gasteiger partial charge is 0.355 e. The number of nitrogens with zero attached hydrogens (tertiary/aromatic N) is 1. The van der Waals surface area contributed by atoms with E-state index < -0.39 is 0 Å². The average Bonchev–Trinajstić information content (AvgIpc) is 2.40. The van der Waals surface area contributed by atoms with Gasteiger partial charge in [0, 0.05) is 19.0 Å². The molecule has 0 saturated carbocycles. The van der Waals surface area contributed by atoms with E-state index in [4.69, 9.17) is 6.42 Å². The van der Waals surface area contributed by atoms with E-state index in [0.717, 1.165) is 25.5 Å². The molecule has 3 heteroatoms. The van der Waals surface area contributed by atoms with Gasteiger partial charge in [0.05, 0.1) is 6.54 Å². The fourth-order valence-corrected chi connectivity index (χ4v) is 0.956. The van der Waals surface area contributed by atoms with E-state index in [2.05, 4.69) is 21.5 Å². The van der Waals surface area contributed by atoms with Crippen molar-refractivity contribution in [3.8, 4) is 12.3 Å². The number of terminal acetylenes is 1. The van der Waals surface area contributed by atoms with Crippen LogP contribution in [0, 0.1) is 12.3 Å². The van der Waals surface area contributed by atoms with Crippen LogP contribution < -0.4 is 10.6 Å². The van der Waals surface area contributed by atoms with Crippen molar-refractivity contribution in [2.75, 3.05) is 13.1 Å². The van der Waals surface area contributed by atoms with E-state index in [9.17, 15) is 0 Å². The molecule has 1 unspecified atom stereocenters. The summed E-state index contributed by atoms with van der Waals surface area (Å²) in [5, 5.41) is 6.29. The molecule has 0 fully saturated rings. The summed E-state index contributed by atoms with van der Waals surface area (Å²) < 4.78 is 0. The highest BCUT2D eigenvalue weighted by Gasteiger charge is 2.06. The number of guanidine groups is 1. The van der Waals surface area contributed by atoms with Crippen molar-refractivity contribution in [1.82, 2.24) is 10.6 Å². The lowest BCUT2D eigenvalue weighted by Crippen LogP contribution is -2.39. The molecule has 0 saturated heterocycles. The van der Waals surface area contributed by atoms with Gasteiger partial charge in [-0.05, 0) is 6.92 Å². The van der Waals surface area contributed by atoms with Crippen molar-refractivity contribution >= 4 is 5.96 Å². The van der Waals surface area contributed by atoms with Crippen LogP contribution >= 0.6 is 0 Å². The van der Waals surface area contributed by atoms with Crippen LogP contribution in [0.4, 0.5) is 0 Å². The molecule has 0 amide bonds. The molecule has 1 aliphatic heterocycles. The van der Waals surface area contributed by atoms with Gasteiger partial charge in [0.25, 0.3) is 0 Å². The van der Waals surface area contributed by atoms with Crippen LogP contribution in [0.15, 0.2) is 4.99 Å². The molecule has 0 bridgehead atoms. The molecule has 11 heavy (non-hydrogen) atoms. The molecule has 0 spiro atoms. The maximum atomic E-state index is 5.15. The maximum absolute atomic E-state index is 5.15. The molecule has 1 aliphatic rings. The van der Waals surface area contributed by atoms with Crippen LogP contribution in [-0.2, 0) is 0 Å². The van der Waals surface area contributed by atoms with Crippen LogP contribution in [0.3, 0.4) is 0 Å². The van der Waals surface area contributed by atoms with Gasteiger partial charge in [-0.25, -0.2) is 0 Å². The van der Waals surface area contributed by atoms with Crippen molar-refractivity contribution in [3.63, 3.8) is 0 Å². The SMILES string of the molecule is C#CCC(C)NC1=NCCN1. The Balaban J connectivity index is 2.25. The summed E-state index contributed by atoms with van der Waals surface area (Å²) in [6.45, 7) is 3.85. The minimum Gasteiger partial charge on any atom is -0.355 e. The number of rotatable bonds is 2. The van der Waals surface area contributed by atoms with E-state index in [1.807, 2.05) is 6.92 Å². The molecule has 0 aromatic heterocycles. The molecule has 1 atom stereocenters. The van der Waals surface area contributed by atoms with Crippen molar-refractivity contribution in [2.24, 2.45) is 4.99 Å². The average molecular weight is 151 g/mol. The van der Waals surface area contributed by atoms with Crippen LogP contribution in [0.5, 0.6) is 0 Å². The van der Waals surface area contributed by atoms with Gasteiger partial charge >= 0.3 is 0 Å². The predicted octanol–water partition coefficient (Wildman–Crippen LogP) is -0.0530. The number of aliphatic imine (C=N–C) groups is 1. The number of hydrogen-bond donors (Lipinski definition) is 2. The molecule has 0 aromatic carbocycles. The van der Waals surface area contributed by atoms with E-state index in [-0.39, 0.29) is 0 Å². The Morgan fingerprint density at radius 2 is 2.73 bits per heavy atom. The van der Waals surface area contributed by atoms with E-state index in [1.54, 1.807) is 0 Å². The van der Waals surface area contributed by atoms with Gasteiger partial charge < -0.3 is 10.6 Å². The molecule has 3 nitrogen and oxygen atoms in total. The standard InChI is InChI=1S/C8H13N3/c1-3-4-7(2)11-8-9-5-6-10-8/h1,7H,4-6H2,2H3,(H2,9,10,11). The fraction of sp³-hybridized carbons (Fsp3) is 0.625. The van der Waals surface area contributed by atoms with Crippen LogP contribution in [-0.4, -0.2) is 25.1 Å². The summed E-state index contributed by atoms with van der Waals surface area (Å²) in [7, 11) is 0. The van der Waals surface area contributed by atoms with Gasteiger partial charge in [-0.15, -0.1) is 12.3 Å². The van der Waals surface area contributed by atoms with E-state index in [0.29, 0.717) is 6.04 Å². The monoisotopic (exact) mass is 151 g/mol.